The molecule has 1 aliphatic rings. The molecule has 0 bridgehead atoms. The molecule has 1 aliphatic heterocycles. The number of hydrogen-bond acceptors (Lipinski definition) is 4. The van der Waals surface area contributed by atoms with Crippen LogP contribution in [0.1, 0.15) is 33.1 Å². The number of ether oxygens (including phenoxy) is 1. The molecule has 0 aliphatic carbocycles. The van der Waals surface area contributed by atoms with Crippen LogP contribution < -0.4 is 5.73 Å². The molecular formula is C11H22N2O2. The molecule has 1 rings (SSSR count). The van der Waals surface area contributed by atoms with Crippen LogP contribution in [0.15, 0.2) is 0 Å². The van der Waals surface area contributed by atoms with Crippen LogP contribution in [-0.2, 0) is 9.53 Å². The summed E-state index contributed by atoms with van der Waals surface area (Å²) in [4.78, 5) is 13.7. The van der Waals surface area contributed by atoms with E-state index in [-0.39, 0.29) is 5.97 Å². The minimum absolute atomic E-state index is 0.329. The third kappa shape index (κ3) is 2.92. The maximum atomic E-state index is 11.4. The van der Waals surface area contributed by atoms with Gasteiger partial charge in [-0.1, -0.05) is 6.92 Å². The zero-order valence-electron chi connectivity index (χ0n) is 9.95. The second-order valence-corrected chi connectivity index (χ2v) is 4.58. The molecular weight excluding hydrogens is 192 g/mol. The van der Waals surface area contributed by atoms with Crippen LogP contribution in [-0.4, -0.2) is 42.6 Å². The van der Waals surface area contributed by atoms with Crippen molar-refractivity contribution >= 4 is 5.97 Å². The van der Waals surface area contributed by atoms with Gasteiger partial charge < -0.3 is 10.5 Å². The van der Waals surface area contributed by atoms with E-state index in [4.69, 9.17) is 10.5 Å². The molecule has 2 N–H and O–H groups in total. The first-order chi connectivity index (χ1) is 7.01. The van der Waals surface area contributed by atoms with Gasteiger partial charge in [-0.2, -0.15) is 0 Å². The smallest absolute Gasteiger partial charge is 0.326 e. The van der Waals surface area contributed by atoms with E-state index < -0.39 is 5.54 Å². The fraction of sp³-hybridized carbons (Fsp3) is 0.909. The molecule has 0 saturated carbocycles. The van der Waals surface area contributed by atoms with E-state index in [1.165, 1.54) is 20.0 Å². The van der Waals surface area contributed by atoms with Crippen LogP contribution in [0.25, 0.3) is 0 Å². The van der Waals surface area contributed by atoms with Crippen molar-refractivity contribution in [3.63, 3.8) is 0 Å². The maximum Gasteiger partial charge on any atom is 0.326 e. The van der Waals surface area contributed by atoms with E-state index in [0.717, 1.165) is 13.0 Å². The molecule has 1 heterocycles. The highest BCUT2D eigenvalue weighted by Gasteiger charge is 2.35. The monoisotopic (exact) mass is 214 g/mol. The topological polar surface area (TPSA) is 55.6 Å². The molecule has 0 radical (unpaired) electrons. The quantitative estimate of drug-likeness (QED) is 0.702. The number of rotatable bonds is 4. The van der Waals surface area contributed by atoms with Gasteiger partial charge in [0.1, 0.15) is 5.54 Å². The molecule has 4 heteroatoms. The Bertz CT molecular complexity index is 229. The van der Waals surface area contributed by atoms with Crippen LogP contribution in [0.5, 0.6) is 0 Å². The Labute approximate surface area is 91.8 Å². The van der Waals surface area contributed by atoms with Gasteiger partial charge >= 0.3 is 5.97 Å². The standard InChI is InChI=1S/C11H22N2O2/c1-4-9-6-5-7-13(9)8-11(2,12)10(14)15-3/h9H,4-8,12H2,1-3H3. The van der Waals surface area contributed by atoms with Crippen LogP contribution >= 0.6 is 0 Å². The van der Waals surface area contributed by atoms with Crippen LogP contribution in [0.4, 0.5) is 0 Å². The molecule has 4 nitrogen and oxygen atoms in total. The summed E-state index contributed by atoms with van der Waals surface area (Å²) in [6, 6.07) is 0.581. The Balaban J connectivity index is 2.56. The summed E-state index contributed by atoms with van der Waals surface area (Å²) in [5, 5.41) is 0. The highest BCUT2D eigenvalue weighted by Crippen LogP contribution is 2.21. The first-order valence-corrected chi connectivity index (χ1v) is 5.62. The number of carbonyl (C=O) groups is 1. The minimum atomic E-state index is -0.882. The van der Waals surface area contributed by atoms with Gasteiger partial charge in [-0.3, -0.25) is 9.69 Å². The first-order valence-electron chi connectivity index (χ1n) is 5.62. The molecule has 0 aromatic rings. The Morgan fingerprint density at radius 1 is 1.67 bits per heavy atom. The van der Waals surface area contributed by atoms with E-state index in [9.17, 15) is 4.79 Å². The van der Waals surface area contributed by atoms with E-state index >= 15 is 0 Å². The van der Waals surface area contributed by atoms with Gasteiger partial charge in [0.2, 0.25) is 0 Å². The summed E-state index contributed by atoms with van der Waals surface area (Å²) in [6.45, 7) is 5.55. The summed E-state index contributed by atoms with van der Waals surface area (Å²) in [5.74, 6) is -0.329. The number of likely N-dealkylation sites (tertiary alicyclic amines) is 1. The number of esters is 1. The second kappa shape index (κ2) is 4.94. The average molecular weight is 214 g/mol. The molecule has 88 valence electrons. The van der Waals surface area contributed by atoms with E-state index in [2.05, 4.69) is 11.8 Å². The summed E-state index contributed by atoms with van der Waals surface area (Å²) in [7, 11) is 1.38. The highest BCUT2D eigenvalue weighted by molar-refractivity contribution is 5.80. The average Bonchev–Trinajstić information content (AvgIpc) is 2.63. The molecule has 0 aromatic carbocycles. The number of hydrogen-bond donors (Lipinski definition) is 1. The van der Waals surface area contributed by atoms with E-state index in [0.29, 0.717) is 12.6 Å². The third-order valence-corrected chi connectivity index (χ3v) is 3.15. The molecule has 0 amide bonds. The zero-order valence-corrected chi connectivity index (χ0v) is 9.95. The maximum absolute atomic E-state index is 11.4. The summed E-state index contributed by atoms with van der Waals surface area (Å²) >= 11 is 0. The zero-order chi connectivity index (χ0) is 11.5. The summed E-state index contributed by atoms with van der Waals surface area (Å²) in [5.41, 5.74) is 5.07. The molecule has 0 spiro atoms. The fourth-order valence-electron chi connectivity index (χ4n) is 2.29. The van der Waals surface area contributed by atoms with Crippen molar-refractivity contribution in [2.45, 2.75) is 44.7 Å². The third-order valence-electron chi connectivity index (χ3n) is 3.15. The first kappa shape index (κ1) is 12.5. The lowest BCUT2D eigenvalue weighted by Gasteiger charge is -2.31. The second-order valence-electron chi connectivity index (χ2n) is 4.58. The van der Waals surface area contributed by atoms with Crippen molar-refractivity contribution in [2.75, 3.05) is 20.2 Å². The number of nitrogens with two attached hydrogens (primary N) is 1. The molecule has 15 heavy (non-hydrogen) atoms. The van der Waals surface area contributed by atoms with Crippen molar-refractivity contribution in [3.05, 3.63) is 0 Å². The SMILES string of the molecule is CCC1CCCN1CC(C)(N)C(=O)OC. The van der Waals surface area contributed by atoms with Crippen LogP contribution in [0.3, 0.4) is 0 Å². The fourth-order valence-corrected chi connectivity index (χ4v) is 2.29. The Morgan fingerprint density at radius 2 is 2.33 bits per heavy atom. The Hall–Kier alpha value is -0.610. The van der Waals surface area contributed by atoms with E-state index in [1.807, 2.05) is 0 Å². The predicted molar refractivity (Wildman–Crippen MR) is 59.5 cm³/mol. The highest BCUT2D eigenvalue weighted by atomic mass is 16.5. The van der Waals surface area contributed by atoms with Crippen molar-refractivity contribution in [2.24, 2.45) is 5.73 Å². The van der Waals surface area contributed by atoms with Gasteiger partial charge in [-0.05, 0) is 32.7 Å². The summed E-state index contributed by atoms with van der Waals surface area (Å²) < 4.78 is 4.70. The van der Waals surface area contributed by atoms with Crippen molar-refractivity contribution in [1.82, 2.24) is 4.90 Å². The molecule has 1 fully saturated rings. The van der Waals surface area contributed by atoms with Gasteiger partial charge in [0.25, 0.3) is 0 Å². The molecule has 2 unspecified atom stereocenters. The normalized spacial score (nSPS) is 26.3. The van der Waals surface area contributed by atoms with Gasteiger partial charge in [0.15, 0.2) is 0 Å². The van der Waals surface area contributed by atoms with Gasteiger partial charge in [-0.25, -0.2) is 0 Å². The van der Waals surface area contributed by atoms with Gasteiger partial charge in [0, 0.05) is 12.6 Å². The Morgan fingerprint density at radius 3 is 2.87 bits per heavy atom. The lowest BCUT2D eigenvalue weighted by atomic mass is 10.0. The molecule has 0 aromatic heterocycles. The van der Waals surface area contributed by atoms with Crippen molar-refractivity contribution in [3.8, 4) is 0 Å². The lowest BCUT2D eigenvalue weighted by Crippen LogP contribution is -2.55. The largest absolute Gasteiger partial charge is 0.468 e. The Kier molecular flexibility index (Phi) is 4.11. The van der Waals surface area contributed by atoms with Crippen LogP contribution in [0.2, 0.25) is 0 Å². The van der Waals surface area contributed by atoms with Crippen molar-refractivity contribution < 1.29 is 9.53 Å². The minimum Gasteiger partial charge on any atom is -0.468 e. The number of nitrogens with zero attached hydrogens (tertiary/aromatic N) is 1. The van der Waals surface area contributed by atoms with Gasteiger partial charge in [0.05, 0.1) is 7.11 Å². The number of carbonyl (C=O) groups excluding carboxylic acids is 1. The van der Waals surface area contributed by atoms with Gasteiger partial charge in [-0.15, -0.1) is 0 Å². The predicted octanol–water partition coefficient (Wildman–Crippen LogP) is 0.751. The summed E-state index contributed by atoms with van der Waals surface area (Å²) in [6.07, 6.45) is 3.54. The molecule has 2 atom stereocenters. The number of methoxy groups -OCH3 is 1. The van der Waals surface area contributed by atoms with Crippen molar-refractivity contribution in [1.29, 1.82) is 0 Å². The molecule has 1 saturated heterocycles. The van der Waals surface area contributed by atoms with Crippen LogP contribution in [0, 0.1) is 0 Å². The van der Waals surface area contributed by atoms with E-state index in [1.54, 1.807) is 6.92 Å². The lowest BCUT2D eigenvalue weighted by molar-refractivity contribution is -0.147.